The van der Waals surface area contributed by atoms with Gasteiger partial charge in [0.2, 0.25) is 5.91 Å². The highest BCUT2D eigenvalue weighted by Crippen LogP contribution is 2.34. The summed E-state index contributed by atoms with van der Waals surface area (Å²) in [5, 5.41) is 9.17. The molecule has 2 saturated heterocycles. The molecule has 3 fully saturated rings. The summed E-state index contributed by atoms with van der Waals surface area (Å²) in [6, 6.07) is -0.173. The zero-order chi connectivity index (χ0) is 16.4. The van der Waals surface area contributed by atoms with Crippen molar-refractivity contribution in [2.75, 3.05) is 19.6 Å². The molecular formula is C16H27ClN4O3. The van der Waals surface area contributed by atoms with E-state index in [1.807, 2.05) is 0 Å². The monoisotopic (exact) mass is 358 g/mol. The number of piperidine rings is 1. The van der Waals surface area contributed by atoms with Crippen molar-refractivity contribution < 1.29 is 14.4 Å². The van der Waals surface area contributed by atoms with E-state index in [1.54, 1.807) is 0 Å². The van der Waals surface area contributed by atoms with Gasteiger partial charge in [-0.25, -0.2) is 4.79 Å². The van der Waals surface area contributed by atoms with Crippen molar-refractivity contribution in [2.45, 2.75) is 57.0 Å². The first-order chi connectivity index (χ1) is 11.0. The van der Waals surface area contributed by atoms with E-state index in [0.717, 1.165) is 32.4 Å². The topological polar surface area (TPSA) is 90.5 Å². The van der Waals surface area contributed by atoms with Crippen LogP contribution in [0.3, 0.4) is 0 Å². The number of halogens is 1. The summed E-state index contributed by atoms with van der Waals surface area (Å²) < 4.78 is 0. The summed E-state index contributed by atoms with van der Waals surface area (Å²) in [5.41, 5.74) is -0.683. The first kappa shape index (κ1) is 19.0. The zero-order valence-electron chi connectivity index (χ0n) is 14.1. The van der Waals surface area contributed by atoms with E-state index in [9.17, 15) is 14.4 Å². The summed E-state index contributed by atoms with van der Waals surface area (Å²) >= 11 is 0. The van der Waals surface area contributed by atoms with Crippen LogP contribution < -0.4 is 16.0 Å². The molecule has 2 atom stereocenters. The maximum atomic E-state index is 12.5. The lowest BCUT2D eigenvalue weighted by Crippen LogP contribution is -2.49. The van der Waals surface area contributed by atoms with Gasteiger partial charge < -0.3 is 16.0 Å². The Morgan fingerprint density at radius 3 is 2.71 bits per heavy atom. The molecule has 2 unspecified atom stereocenters. The zero-order valence-corrected chi connectivity index (χ0v) is 14.9. The number of hydrogen-bond donors (Lipinski definition) is 3. The molecule has 0 bridgehead atoms. The van der Waals surface area contributed by atoms with Gasteiger partial charge in [-0.1, -0.05) is 19.8 Å². The third kappa shape index (κ3) is 3.67. The minimum atomic E-state index is -0.683. The number of hydrogen-bond acceptors (Lipinski definition) is 4. The minimum absolute atomic E-state index is 0. The van der Waals surface area contributed by atoms with Gasteiger partial charge in [-0.3, -0.25) is 14.5 Å². The molecule has 2 heterocycles. The number of carbonyl (C=O) groups excluding carboxylic acids is 3. The van der Waals surface area contributed by atoms with E-state index in [2.05, 4.69) is 22.9 Å². The highest BCUT2D eigenvalue weighted by atomic mass is 35.5. The second-order valence-electron chi connectivity index (χ2n) is 7.07. The largest absolute Gasteiger partial charge is 0.353 e. The maximum Gasteiger partial charge on any atom is 0.325 e. The van der Waals surface area contributed by atoms with Gasteiger partial charge in [-0.05, 0) is 38.3 Å². The number of rotatable bonds is 4. The van der Waals surface area contributed by atoms with Gasteiger partial charge in [0.25, 0.3) is 5.91 Å². The van der Waals surface area contributed by atoms with Gasteiger partial charge >= 0.3 is 6.03 Å². The van der Waals surface area contributed by atoms with Crippen LogP contribution in [0.4, 0.5) is 4.79 Å². The third-order valence-electron chi connectivity index (χ3n) is 5.40. The molecule has 3 rings (SSSR count). The van der Waals surface area contributed by atoms with Gasteiger partial charge in [-0.2, -0.15) is 0 Å². The van der Waals surface area contributed by atoms with Gasteiger partial charge in [-0.15, -0.1) is 12.4 Å². The number of imide groups is 1. The highest BCUT2D eigenvalue weighted by Gasteiger charge is 2.52. The first-order valence-corrected chi connectivity index (χ1v) is 8.66. The Morgan fingerprint density at radius 2 is 2.04 bits per heavy atom. The molecule has 0 aromatic carbocycles. The Hall–Kier alpha value is -1.34. The van der Waals surface area contributed by atoms with Crippen molar-refractivity contribution in [3.63, 3.8) is 0 Å². The molecule has 1 saturated carbocycles. The van der Waals surface area contributed by atoms with Gasteiger partial charge in [0.15, 0.2) is 0 Å². The predicted molar refractivity (Wildman–Crippen MR) is 91.9 cm³/mol. The molecular weight excluding hydrogens is 332 g/mol. The second kappa shape index (κ2) is 7.70. The van der Waals surface area contributed by atoms with Crippen LogP contribution in [0.25, 0.3) is 0 Å². The Kier molecular flexibility index (Phi) is 6.09. The molecule has 136 valence electrons. The first-order valence-electron chi connectivity index (χ1n) is 8.66. The molecule has 4 amide bonds. The normalized spacial score (nSPS) is 28.6. The number of carbonyl (C=O) groups is 3. The van der Waals surface area contributed by atoms with Crippen LogP contribution in [-0.2, 0) is 9.59 Å². The van der Waals surface area contributed by atoms with Crippen LogP contribution in [0.15, 0.2) is 0 Å². The molecule has 3 N–H and O–H groups in total. The maximum absolute atomic E-state index is 12.5. The third-order valence-corrected chi connectivity index (χ3v) is 5.40. The quantitative estimate of drug-likeness (QED) is 0.648. The lowest BCUT2D eigenvalue weighted by atomic mass is 9.95. The number of nitrogens with one attached hydrogen (secondary N) is 3. The molecule has 2 aliphatic heterocycles. The van der Waals surface area contributed by atoms with Gasteiger partial charge in [0, 0.05) is 19.0 Å². The molecule has 1 aliphatic carbocycles. The lowest BCUT2D eigenvalue weighted by Gasteiger charge is -2.30. The van der Waals surface area contributed by atoms with E-state index in [4.69, 9.17) is 0 Å². The lowest BCUT2D eigenvalue weighted by molar-refractivity contribution is -0.131. The van der Waals surface area contributed by atoms with Crippen LogP contribution in [0.5, 0.6) is 0 Å². The average molecular weight is 359 g/mol. The molecule has 7 nitrogen and oxygen atoms in total. The van der Waals surface area contributed by atoms with Crippen LogP contribution in [0.2, 0.25) is 0 Å². The molecule has 3 aliphatic rings. The fourth-order valence-corrected chi connectivity index (χ4v) is 3.92. The Bertz CT molecular complexity index is 508. The Labute approximate surface area is 148 Å². The van der Waals surface area contributed by atoms with Crippen LogP contribution in [-0.4, -0.2) is 54.0 Å². The highest BCUT2D eigenvalue weighted by molar-refractivity contribution is 6.07. The molecule has 0 radical (unpaired) electrons. The molecule has 0 aromatic rings. The smallest absolute Gasteiger partial charge is 0.325 e. The molecule has 8 heteroatoms. The van der Waals surface area contributed by atoms with Crippen LogP contribution in [0.1, 0.15) is 45.4 Å². The van der Waals surface area contributed by atoms with Crippen molar-refractivity contribution in [3.8, 4) is 0 Å². The second-order valence-corrected chi connectivity index (χ2v) is 7.07. The van der Waals surface area contributed by atoms with Crippen molar-refractivity contribution >= 4 is 30.3 Å². The van der Waals surface area contributed by atoms with E-state index in [-0.39, 0.29) is 49.3 Å². The van der Waals surface area contributed by atoms with Crippen LogP contribution >= 0.6 is 12.4 Å². The summed E-state index contributed by atoms with van der Waals surface area (Å²) in [7, 11) is 0. The molecule has 1 spiro atoms. The Balaban J connectivity index is 0.00000208. The van der Waals surface area contributed by atoms with Gasteiger partial charge in [0.1, 0.15) is 5.54 Å². The molecule has 24 heavy (non-hydrogen) atoms. The minimum Gasteiger partial charge on any atom is -0.353 e. The van der Waals surface area contributed by atoms with Crippen molar-refractivity contribution in [1.82, 2.24) is 20.9 Å². The summed E-state index contributed by atoms with van der Waals surface area (Å²) in [6.45, 7) is 4.08. The van der Waals surface area contributed by atoms with Crippen molar-refractivity contribution in [2.24, 2.45) is 5.92 Å². The molecule has 0 aromatic heterocycles. The SMILES string of the molecule is CC1CNCCC1NC(=O)CCN1C(=O)NC2(CCCC2)C1=O.Cl. The summed E-state index contributed by atoms with van der Waals surface area (Å²) in [5.74, 6) is 0.158. The van der Waals surface area contributed by atoms with Gasteiger partial charge in [0.05, 0.1) is 0 Å². The van der Waals surface area contributed by atoms with E-state index in [1.165, 1.54) is 4.90 Å². The fourth-order valence-electron chi connectivity index (χ4n) is 3.92. The van der Waals surface area contributed by atoms with Crippen LogP contribution in [0, 0.1) is 5.92 Å². The fraction of sp³-hybridized carbons (Fsp3) is 0.812. The van der Waals surface area contributed by atoms with E-state index in [0.29, 0.717) is 18.8 Å². The summed E-state index contributed by atoms with van der Waals surface area (Å²) in [4.78, 5) is 37.9. The average Bonchev–Trinajstić information content (AvgIpc) is 3.07. The Morgan fingerprint density at radius 1 is 1.33 bits per heavy atom. The van der Waals surface area contributed by atoms with Crippen molar-refractivity contribution in [1.29, 1.82) is 0 Å². The predicted octanol–water partition coefficient (Wildman–Crippen LogP) is 0.777. The van der Waals surface area contributed by atoms with E-state index >= 15 is 0 Å². The number of urea groups is 1. The number of nitrogens with zero attached hydrogens (tertiary/aromatic N) is 1. The standard InChI is InChI=1S/C16H26N4O3.ClH/c1-11-10-17-8-4-12(11)18-13(21)5-9-20-14(22)16(19-15(20)23)6-2-3-7-16;/h11-12,17H,2-10H2,1H3,(H,18,21)(H,19,23);1H. The van der Waals surface area contributed by atoms with Crippen molar-refractivity contribution in [3.05, 3.63) is 0 Å². The number of amides is 4. The van der Waals surface area contributed by atoms with E-state index < -0.39 is 5.54 Å². The summed E-state index contributed by atoms with van der Waals surface area (Å²) in [6.07, 6.45) is 4.45.